The average molecular weight is 215 g/mol. The number of hydrogen-bond acceptors (Lipinski definition) is 2. The first-order valence-electron chi connectivity index (χ1n) is 5.05. The summed E-state index contributed by atoms with van der Waals surface area (Å²) in [5, 5.41) is 0. The third-order valence-electron chi connectivity index (χ3n) is 2.59. The van der Waals surface area contributed by atoms with Crippen molar-refractivity contribution >= 4 is 5.97 Å². The van der Waals surface area contributed by atoms with Crippen LogP contribution in [0.2, 0.25) is 0 Å². The second-order valence-electron chi connectivity index (χ2n) is 3.53. The Labute approximate surface area is 94.3 Å². The van der Waals surface area contributed by atoms with Crippen LogP contribution in [0.1, 0.15) is 15.9 Å². The van der Waals surface area contributed by atoms with Crippen molar-refractivity contribution in [1.29, 1.82) is 0 Å². The highest BCUT2D eigenvalue weighted by molar-refractivity contribution is 5.91. The van der Waals surface area contributed by atoms with Gasteiger partial charge in [0, 0.05) is 18.1 Å². The van der Waals surface area contributed by atoms with Crippen LogP contribution in [0.3, 0.4) is 0 Å². The van der Waals surface area contributed by atoms with Gasteiger partial charge in [0.05, 0.1) is 12.7 Å². The lowest BCUT2D eigenvalue weighted by Crippen LogP contribution is -2.06. The van der Waals surface area contributed by atoms with Gasteiger partial charge in [-0.3, -0.25) is 0 Å². The molecule has 0 unspecified atom stereocenters. The summed E-state index contributed by atoms with van der Waals surface area (Å²) in [4.78, 5) is 11.5. The van der Waals surface area contributed by atoms with Crippen molar-refractivity contribution in [3.8, 4) is 5.69 Å². The molecule has 0 bridgehead atoms. The van der Waals surface area contributed by atoms with E-state index < -0.39 is 0 Å². The fourth-order valence-corrected chi connectivity index (χ4v) is 1.73. The van der Waals surface area contributed by atoms with Gasteiger partial charge in [-0.1, -0.05) is 6.07 Å². The summed E-state index contributed by atoms with van der Waals surface area (Å²) in [5.41, 5.74) is 2.52. The van der Waals surface area contributed by atoms with Crippen molar-refractivity contribution in [2.75, 3.05) is 7.11 Å². The third-order valence-corrected chi connectivity index (χ3v) is 2.59. The van der Waals surface area contributed by atoms with Crippen molar-refractivity contribution in [3.05, 3.63) is 53.9 Å². The molecule has 0 spiro atoms. The Morgan fingerprint density at radius 1 is 1.19 bits per heavy atom. The van der Waals surface area contributed by atoms with E-state index in [-0.39, 0.29) is 5.97 Å². The predicted molar refractivity (Wildman–Crippen MR) is 61.8 cm³/mol. The van der Waals surface area contributed by atoms with Gasteiger partial charge in [-0.25, -0.2) is 4.79 Å². The molecule has 0 atom stereocenters. The van der Waals surface area contributed by atoms with Crippen LogP contribution in [0.5, 0.6) is 0 Å². The maximum absolute atomic E-state index is 11.5. The zero-order valence-corrected chi connectivity index (χ0v) is 9.31. The molecular weight excluding hydrogens is 202 g/mol. The molecule has 1 aromatic carbocycles. The van der Waals surface area contributed by atoms with Crippen LogP contribution < -0.4 is 0 Å². The van der Waals surface area contributed by atoms with Gasteiger partial charge in [0.15, 0.2) is 0 Å². The maximum atomic E-state index is 11.5. The molecule has 0 saturated heterocycles. The van der Waals surface area contributed by atoms with E-state index in [1.807, 2.05) is 48.1 Å². The van der Waals surface area contributed by atoms with E-state index in [1.165, 1.54) is 7.11 Å². The first-order chi connectivity index (χ1) is 7.74. The normalized spacial score (nSPS) is 10.1. The lowest BCUT2D eigenvalue weighted by atomic mass is 10.1. The minimum atomic E-state index is -0.300. The minimum absolute atomic E-state index is 0.300. The van der Waals surface area contributed by atoms with Gasteiger partial charge in [0.1, 0.15) is 0 Å². The van der Waals surface area contributed by atoms with Crippen molar-refractivity contribution in [2.24, 2.45) is 0 Å². The topological polar surface area (TPSA) is 31.2 Å². The number of esters is 1. The molecule has 2 rings (SSSR count). The SMILES string of the molecule is COC(=O)c1cccc(-n2cccc2)c1C. The van der Waals surface area contributed by atoms with Crippen molar-refractivity contribution < 1.29 is 9.53 Å². The highest BCUT2D eigenvalue weighted by Gasteiger charge is 2.11. The Bertz CT molecular complexity index is 501. The molecule has 16 heavy (non-hydrogen) atoms. The quantitative estimate of drug-likeness (QED) is 0.721. The fraction of sp³-hybridized carbons (Fsp3) is 0.154. The number of methoxy groups -OCH3 is 1. The van der Waals surface area contributed by atoms with Gasteiger partial charge in [0.25, 0.3) is 0 Å². The number of carbonyl (C=O) groups excluding carboxylic acids is 1. The lowest BCUT2D eigenvalue weighted by molar-refractivity contribution is 0.0600. The summed E-state index contributed by atoms with van der Waals surface area (Å²) in [5.74, 6) is -0.300. The minimum Gasteiger partial charge on any atom is -0.465 e. The van der Waals surface area contributed by atoms with E-state index in [4.69, 9.17) is 4.74 Å². The van der Waals surface area contributed by atoms with E-state index in [9.17, 15) is 4.79 Å². The smallest absolute Gasteiger partial charge is 0.338 e. The summed E-state index contributed by atoms with van der Waals surface area (Å²) in [7, 11) is 1.39. The molecule has 0 aliphatic heterocycles. The molecule has 1 heterocycles. The molecule has 0 aliphatic rings. The summed E-state index contributed by atoms with van der Waals surface area (Å²) in [6, 6.07) is 9.50. The van der Waals surface area contributed by atoms with Crippen molar-refractivity contribution in [3.63, 3.8) is 0 Å². The predicted octanol–water partition coefficient (Wildman–Crippen LogP) is 2.57. The number of aromatic nitrogens is 1. The van der Waals surface area contributed by atoms with Crippen LogP contribution in [0.15, 0.2) is 42.7 Å². The van der Waals surface area contributed by atoms with Gasteiger partial charge in [-0.05, 0) is 36.8 Å². The summed E-state index contributed by atoms with van der Waals surface area (Å²) >= 11 is 0. The molecule has 0 radical (unpaired) electrons. The van der Waals surface area contributed by atoms with E-state index >= 15 is 0 Å². The molecule has 2 aromatic rings. The average Bonchev–Trinajstić information content (AvgIpc) is 2.82. The first-order valence-corrected chi connectivity index (χ1v) is 5.05. The number of carbonyl (C=O) groups is 1. The molecule has 3 nitrogen and oxygen atoms in total. The van der Waals surface area contributed by atoms with Crippen LogP contribution in [0, 0.1) is 6.92 Å². The van der Waals surface area contributed by atoms with E-state index in [0.717, 1.165) is 11.3 Å². The maximum Gasteiger partial charge on any atom is 0.338 e. The molecule has 3 heteroatoms. The number of nitrogens with zero attached hydrogens (tertiary/aromatic N) is 1. The zero-order chi connectivity index (χ0) is 11.5. The summed E-state index contributed by atoms with van der Waals surface area (Å²) < 4.78 is 6.72. The highest BCUT2D eigenvalue weighted by atomic mass is 16.5. The largest absolute Gasteiger partial charge is 0.465 e. The van der Waals surface area contributed by atoms with Crippen molar-refractivity contribution in [1.82, 2.24) is 4.57 Å². The molecule has 82 valence electrons. The standard InChI is InChI=1S/C13H13NO2/c1-10-11(13(15)16-2)6-5-7-12(10)14-8-3-4-9-14/h3-9H,1-2H3. The van der Waals surface area contributed by atoms with Gasteiger partial charge < -0.3 is 9.30 Å². The Kier molecular flexibility index (Phi) is 2.77. The monoisotopic (exact) mass is 215 g/mol. The van der Waals surface area contributed by atoms with E-state index in [1.54, 1.807) is 6.07 Å². The number of benzene rings is 1. The second kappa shape index (κ2) is 4.23. The highest BCUT2D eigenvalue weighted by Crippen LogP contribution is 2.18. The van der Waals surface area contributed by atoms with Gasteiger partial charge >= 0.3 is 5.97 Å². The van der Waals surface area contributed by atoms with Crippen molar-refractivity contribution in [2.45, 2.75) is 6.92 Å². The lowest BCUT2D eigenvalue weighted by Gasteiger charge is -2.10. The van der Waals surface area contributed by atoms with E-state index in [2.05, 4.69) is 0 Å². The zero-order valence-electron chi connectivity index (χ0n) is 9.31. The van der Waals surface area contributed by atoms with Gasteiger partial charge in [-0.2, -0.15) is 0 Å². The summed E-state index contributed by atoms with van der Waals surface area (Å²) in [6.45, 7) is 1.92. The van der Waals surface area contributed by atoms with E-state index in [0.29, 0.717) is 5.56 Å². The molecule has 0 amide bonds. The molecule has 1 aromatic heterocycles. The number of rotatable bonds is 2. The Balaban J connectivity index is 2.53. The molecule has 0 aliphatic carbocycles. The van der Waals surface area contributed by atoms with Gasteiger partial charge in [-0.15, -0.1) is 0 Å². The van der Waals surface area contributed by atoms with Crippen LogP contribution in [0.4, 0.5) is 0 Å². The first kappa shape index (κ1) is 10.5. The molecular formula is C13H13NO2. The fourth-order valence-electron chi connectivity index (χ4n) is 1.73. The Hall–Kier alpha value is -2.03. The Morgan fingerprint density at radius 2 is 1.88 bits per heavy atom. The van der Waals surface area contributed by atoms with Crippen LogP contribution in [0.25, 0.3) is 5.69 Å². The van der Waals surface area contributed by atoms with Crippen LogP contribution in [-0.2, 0) is 4.74 Å². The summed E-state index contributed by atoms with van der Waals surface area (Å²) in [6.07, 6.45) is 3.90. The van der Waals surface area contributed by atoms with Crippen LogP contribution >= 0.6 is 0 Å². The molecule has 0 saturated carbocycles. The molecule has 0 N–H and O–H groups in total. The number of hydrogen-bond donors (Lipinski definition) is 0. The number of ether oxygens (including phenoxy) is 1. The third kappa shape index (κ3) is 1.72. The Morgan fingerprint density at radius 3 is 2.50 bits per heavy atom. The van der Waals surface area contributed by atoms with Gasteiger partial charge in [0.2, 0.25) is 0 Å². The van der Waals surface area contributed by atoms with Crippen LogP contribution in [-0.4, -0.2) is 17.6 Å². The second-order valence-corrected chi connectivity index (χ2v) is 3.53. The molecule has 0 fully saturated rings.